The summed E-state index contributed by atoms with van der Waals surface area (Å²) < 4.78 is 0. The van der Waals surface area contributed by atoms with Gasteiger partial charge in [-0.05, 0) is 105 Å². The lowest BCUT2D eigenvalue weighted by Gasteiger charge is -2.53. The Morgan fingerprint density at radius 1 is 1.06 bits per heavy atom. The van der Waals surface area contributed by atoms with Crippen LogP contribution in [0.1, 0.15) is 109 Å². The Labute approximate surface area is 212 Å². The van der Waals surface area contributed by atoms with Gasteiger partial charge in [-0.15, -0.1) is 0 Å². The second-order valence-corrected chi connectivity index (χ2v) is 13.2. The van der Waals surface area contributed by atoms with Crippen LogP contribution in [0.3, 0.4) is 0 Å². The number of aliphatic hydroxyl groups is 1. The van der Waals surface area contributed by atoms with Gasteiger partial charge in [0.25, 0.3) is 0 Å². The molecule has 4 aliphatic rings. The molecule has 1 aromatic rings. The zero-order chi connectivity index (χ0) is 25.2. The summed E-state index contributed by atoms with van der Waals surface area (Å²) in [5, 5.41) is 12.1. The van der Waals surface area contributed by atoms with Gasteiger partial charge in [-0.2, -0.15) is 0 Å². The van der Waals surface area contributed by atoms with E-state index in [0.717, 1.165) is 38.5 Å². The van der Waals surface area contributed by atoms with Crippen molar-refractivity contribution < 1.29 is 9.90 Å². The molecule has 0 amide bonds. The van der Waals surface area contributed by atoms with Crippen LogP contribution in [-0.2, 0) is 4.79 Å². The zero-order valence-corrected chi connectivity index (χ0v) is 22.5. The monoisotopic (exact) mass is 470 g/mol. The van der Waals surface area contributed by atoms with Crippen molar-refractivity contribution in [1.29, 1.82) is 0 Å². The van der Waals surface area contributed by atoms with Gasteiger partial charge in [0.2, 0.25) is 0 Å². The lowest BCUT2D eigenvalue weighted by Crippen LogP contribution is -2.51. The number of rotatable bonds is 2. The third-order valence-corrected chi connectivity index (χ3v) is 9.54. The molecular weight excluding hydrogens is 428 g/mol. The Morgan fingerprint density at radius 3 is 2.43 bits per heavy atom. The van der Waals surface area contributed by atoms with Gasteiger partial charge in [0.15, 0.2) is 5.78 Å². The van der Waals surface area contributed by atoms with Crippen molar-refractivity contribution in [3.8, 4) is 11.8 Å². The molecule has 1 N–H and O–H groups in total. The highest BCUT2D eigenvalue weighted by Crippen LogP contribution is 2.66. The second-order valence-electron chi connectivity index (χ2n) is 13.2. The molecule has 1 aromatic carbocycles. The second kappa shape index (κ2) is 8.48. The van der Waals surface area contributed by atoms with E-state index in [-0.39, 0.29) is 22.5 Å². The van der Waals surface area contributed by atoms with Gasteiger partial charge in [-0.3, -0.25) is 4.79 Å². The number of carbonyl (C=O) groups is 1. The fraction of sp³-hybridized carbons (Fsp3) is 0.606. The first-order chi connectivity index (χ1) is 16.4. The Bertz CT molecular complexity index is 1150. The van der Waals surface area contributed by atoms with E-state index in [1.165, 1.54) is 22.3 Å². The van der Waals surface area contributed by atoms with Gasteiger partial charge in [-0.25, -0.2) is 0 Å². The van der Waals surface area contributed by atoms with Gasteiger partial charge in [0.1, 0.15) is 5.60 Å². The molecule has 0 aromatic heterocycles. The van der Waals surface area contributed by atoms with Crippen LogP contribution in [0.25, 0.3) is 0 Å². The van der Waals surface area contributed by atoms with Gasteiger partial charge < -0.3 is 5.11 Å². The Kier molecular flexibility index (Phi) is 5.96. The molecular formula is C33H42O2. The average molecular weight is 471 g/mol. The first-order valence-electron chi connectivity index (χ1n) is 13.8. The highest BCUT2D eigenvalue weighted by Gasteiger charge is 2.62. The van der Waals surface area contributed by atoms with Crippen LogP contribution >= 0.6 is 0 Å². The van der Waals surface area contributed by atoms with Crippen molar-refractivity contribution in [2.24, 2.45) is 22.7 Å². The molecule has 0 aliphatic heterocycles. The molecule has 2 nitrogen and oxygen atoms in total. The Balaban J connectivity index is 1.65. The molecule has 0 radical (unpaired) electrons. The summed E-state index contributed by atoms with van der Waals surface area (Å²) in [6.45, 7) is 13.2. The highest BCUT2D eigenvalue weighted by molar-refractivity contribution is 5.93. The maximum absolute atomic E-state index is 12.3. The van der Waals surface area contributed by atoms with Crippen molar-refractivity contribution in [3.63, 3.8) is 0 Å². The predicted molar refractivity (Wildman–Crippen MR) is 143 cm³/mol. The quantitative estimate of drug-likeness (QED) is 0.455. The maximum Gasteiger partial charge on any atom is 0.156 e. The SMILES string of the molecule is CC(C)c1ccc([C@H]2C[C@@]3(C)[C@@H](CC[C@@]3(O)C#CC(C)(C)C)[C@@H]3CCC4=CC(=O)CCC4=C32)cc1. The molecule has 2 heteroatoms. The molecule has 2 fully saturated rings. The Hall–Kier alpha value is -2.11. The zero-order valence-electron chi connectivity index (χ0n) is 22.5. The van der Waals surface area contributed by atoms with Crippen molar-refractivity contribution >= 4 is 5.78 Å². The molecule has 35 heavy (non-hydrogen) atoms. The summed E-state index contributed by atoms with van der Waals surface area (Å²) in [6.07, 6.45) is 8.25. The normalized spacial score (nSPS) is 34.6. The number of allylic oxidation sites excluding steroid dienone is 4. The van der Waals surface area contributed by atoms with Gasteiger partial charge in [0, 0.05) is 23.2 Å². The van der Waals surface area contributed by atoms with E-state index < -0.39 is 5.60 Å². The summed E-state index contributed by atoms with van der Waals surface area (Å²) in [5.74, 6) is 8.80. The summed E-state index contributed by atoms with van der Waals surface area (Å²) in [6, 6.07) is 9.24. The van der Waals surface area contributed by atoms with E-state index in [9.17, 15) is 9.90 Å². The van der Waals surface area contributed by atoms with Crippen LogP contribution in [-0.4, -0.2) is 16.5 Å². The average Bonchev–Trinajstić information content (AvgIpc) is 3.07. The molecule has 0 unspecified atom stereocenters. The lowest BCUT2D eigenvalue weighted by atomic mass is 9.51. The topological polar surface area (TPSA) is 37.3 Å². The summed E-state index contributed by atoms with van der Waals surface area (Å²) in [4.78, 5) is 12.3. The first kappa shape index (κ1) is 24.6. The molecule has 4 aliphatic carbocycles. The van der Waals surface area contributed by atoms with Crippen LogP contribution in [0.15, 0.2) is 47.1 Å². The largest absolute Gasteiger partial charge is 0.377 e. The third kappa shape index (κ3) is 4.15. The van der Waals surface area contributed by atoms with E-state index >= 15 is 0 Å². The van der Waals surface area contributed by atoms with Gasteiger partial charge in [-0.1, -0.05) is 62.5 Å². The highest BCUT2D eigenvalue weighted by atomic mass is 16.3. The number of hydrogen-bond donors (Lipinski definition) is 1. The van der Waals surface area contributed by atoms with E-state index in [0.29, 0.717) is 24.2 Å². The maximum atomic E-state index is 12.3. The van der Waals surface area contributed by atoms with Crippen molar-refractivity contribution in [3.05, 3.63) is 58.2 Å². The Morgan fingerprint density at radius 2 is 1.77 bits per heavy atom. The van der Waals surface area contributed by atoms with E-state index in [1.807, 2.05) is 6.08 Å². The minimum absolute atomic E-state index is 0.128. The lowest BCUT2D eigenvalue weighted by molar-refractivity contribution is -0.114. The number of fused-ring (bicyclic) bond motifs is 4. The minimum Gasteiger partial charge on any atom is -0.377 e. The molecule has 186 valence electrons. The number of ketones is 1. The fourth-order valence-corrected chi connectivity index (χ4v) is 7.57. The van der Waals surface area contributed by atoms with Crippen LogP contribution in [0.4, 0.5) is 0 Å². The van der Waals surface area contributed by atoms with Crippen LogP contribution < -0.4 is 0 Å². The smallest absolute Gasteiger partial charge is 0.156 e. The summed E-state index contributed by atoms with van der Waals surface area (Å²) in [5.41, 5.74) is 5.75. The first-order valence-corrected chi connectivity index (χ1v) is 13.8. The molecule has 0 bridgehead atoms. The third-order valence-electron chi connectivity index (χ3n) is 9.54. The van der Waals surface area contributed by atoms with Crippen molar-refractivity contribution in [1.82, 2.24) is 0 Å². The van der Waals surface area contributed by atoms with Crippen molar-refractivity contribution in [2.75, 3.05) is 0 Å². The van der Waals surface area contributed by atoms with E-state index in [2.05, 4.69) is 77.6 Å². The summed E-state index contributed by atoms with van der Waals surface area (Å²) >= 11 is 0. The van der Waals surface area contributed by atoms with E-state index in [1.54, 1.807) is 5.57 Å². The standard InChI is InChI=1S/C33H42O2/c1-21(2)22-7-9-23(10-8-22)28-20-32(6)29(15-16-33(32,35)18-17-31(3,4)5)27-13-11-24-19-25(34)12-14-26(24)30(27)28/h7-10,19,21,27-29,35H,11-16,20H2,1-6H3/t27-,28+,29-,32-,33+/m0/s1. The van der Waals surface area contributed by atoms with E-state index in [4.69, 9.17) is 0 Å². The molecule has 0 heterocycles. The minimum atomic E-state index is -0.948. The molecule has 5 atom stereocenters. The number of hydrogen-bond acceptors (Lipinski definition) is 2. The fourth-order valence-electron chi connectivity index (χ4n) is 7.57. The van der Waals surface area contributed by atoms with Crippen LogP contribution in [0.5, 0.6) is 0 Å². The summed E-state index contributed by atoms with van der Waals surface area (Å²) in [7, 11) is 0. The molecule has 0 saturated heterocycles. The number of carbonyl (C=O) groups excluding carboxylic acids is 1. The molecule has 2 saturated carbocycles. The predicted octanol–water partition coefficient (Wildman–Crippen LogP) is 7.49. The van der Waals surface area contributed by atoms with Gasteiger partial charge in [0.05, 0.1) is 0 Å². The number of benzene rings is 1. The molecule has 0 spiro atoms. The van der Waals surface area contributed by atoms with Crippen molar-refractivity contribution in [2.45, 2.75) is 104 Å². The van der Waals surface area contributed by atoms with Crippen LogP contribution in [0.2, 0.25) is 0 Å². The molecule has 5 rings (SSSR count). The van der Waals surface area contributed by atoms with Gasteiger partial charge >= 0.3 is 0 Å². The van der Waals surface area contributed by atoms with Crippen LogP contribution in [0, 0.1) is 34.5 Å².